The van der Waals surface area contributed by atoms with Gasteiger partial charge in [-0.1, -0.05) is 39.0 Å². The first kappa shape index (κ1) is 16.7. The maximum Gasteiger partial charge on any atom is 0.338 e. The van der Waals surface area contributed by atoms with Gasteiger partial charge in [-0.15, -0.1) is 0 Å². The molecular weight excluding hydrogens is 255 g/mol. The molecule has 2 unspecified atom stereocenters. The van der Waals surface area contributed by atoms with Gasteiger partial charge in [0.1, 0.15) is 6.17 Å². The van der Waals surface area contributed by atoms with Crippen LogP contribution in [0.25, 0.3) is 0 Å². The lowest BCUT2D eigenvalue weighted by Gasteiger charge is -2.15. The van der Waals surface area contributed by atoms with Crippen molar-refractivity contribution >= 4 is 5.97 Å². The molecule has 0 spiro atoms. The third kappa shape index (κ3) is 6.18. The molecule has 1 aromatic carbocycles. The molecule has 0 bridgehead atoms. The van der Waals surface area contributed by atoms with E-state index in [2.05, 4.69) is 6.92 Å². The SMILES string of the molecule is CC(CCOC(=O)c1ccccc1)CCC(F)C(C)C. The van der Waals surface area contributed by atoms with E-state index in [1.807, 2.05) is 32.0 Å². The lowest BCUT2D eigenvalue weighted by atomic mass is 9.96. The van der Waals surface area contributed by atoms with E-state index in [4.69, 9.17) is 4.74 Å². The zero-order valence-electron chi connectivity index (χ0n) is 12.6. The molecule has 3 heteroatoms. The molecule has 20 heavy (non-hydrogen) atoms. The summed E-state index contributed by atoms with van der Waals surface area (Å²) in [6, 6.07) is 8.96. The van der Waals surface area contributed by atoms with Gasteiger partial charge >= 0.3 is 5.97 Å². The molecule has 0 saturated heterocycles. The van der Waals surface area contributed by atoms with Crippen molar-refractivity contribution in [3.63, 3.8) is 0 Å². The summed E-state index contributed by atoms with van der Waals surface area (Å²) >= 11 is 0. The second-order valence-corrected chi connectivity index (χ2v) is 5.73. The Morgan fingerprint density at radius 3 is 2.35 bits per heavy atom. The molecule has 0 aliphatic rings. The monoisotopic (exact) mass is 280 g/mol. The van der Waals surface area contributed by atoms with Crippen molar-refractivity contribution < 1.29 is 13.9 Å². The fraction of sp³-hybridized carbons (Fsp3) is 0.588. The number of hydrogen-bond donors (Lipinski definition) is 0. The molecule has 2 atom stereocenters. The van der Waals surface area contributed by atoms with Gasteiger partial charge in [0.05, 0.1) is 12.2 Å². The van der Waals surface area contributed by atoms with Gasteiger partial charge in [0, 0.05) is 0 Å². The Balaban J connectivity index is 2.19. The van der Waals surface area contributed by atoms with Crippen LogP contribution in [-0.4, -0.2) is 18.7 Å². The molecule has 0 saturated carbocycles. The van der Waals surface area contributed by atoms with Crippen LogP contribution in [0.15, 0.2) is 30.3 Å². The topological polar surface area (TPSA) is 26.3 Å². The first-order chi connectivity index (χ1) is 9.50. The van der Waals surface area contributed by atoms with Crippen molar-refractivity contribution in [1.82, 2.24) is 0 Å². The number of halogens is 1. The highest BCUT2D eigenvalue weighted by molar-refractivity contribution is 5.89. The van der Waals surface area contributed by atoms with Crippen molar-refractivity contribution in [2.75, 3.05) is 6.61 Å². The van der Waals surface area contributed by atoms with Crippen molar-refractivity contribution in [2.24, 2.45) is 11.8 Å². The van der Waals surface area contributed by atoms with Crippen molar-refractivity contribution in [3.05, 3.63) is 35.9 Å². The number of benzene rings is 1. The van der Waals surface area contributed by atoms with Crippen molar-refractivity contribution in [3.8, 4) is 0 Å². The third-order valence-electron chi connectivity index (χ3n) is 3.51. The van der Waals surface area contributed by atoms with E-state index >= 15 is 0 Å². The summed E-state index contributed by atoms with van der Waals surface area (Å²) in [4.78, 5) is 11.7. The summed E-state index contributed by atoms with van der Waals surface area (Å²) < 4.78 is 18.7. The summed E-state index contributed by atoms with van der Waals surface area (Å²) in [5.74, 6) is 0.164. The van der Waals surface area contributed by atoms with Crippen LogP contribution in [0.1, 0.15) is 50.4 Å². The van der Waals surface area contributed by atoms with Gasteiger partial charge < -0.3 is 4.74 Å². The maximum atomic E-state index is 13.5. The number of ether oxygens (including phenoxy) is 1. The summed E-state index contributed by atoms with van der Waals surface area (Å²) in [7, 11) is 0. The molecule has 0 aromatic heterocycles. The molecule has 0 aliphatic heterocycles. The Morgan fingerprint density at radius 2 is 1.75 bits per heavy atom. The lowest BCUT2D eigenvalue weighted by Crippen LogP contribution is -2.12. The summed E-state index contributed by atoms with van der Waals surface area (Å²) in [5, 5.41) is 0. The first-order valence-electron chi connectivity index (χ1n) is 7.37. The number of alkyl halides is 1. The Morgan fingerprint density at radius 1 is 1.10 bits per heavy atom. The molecular formula is C17H25FO2. The number of esters is 1. The van der Waals surface area contributed by atoms with Gasteiger partial charge in [-0.25, -0.2) is 9.18 Å². The smallest absolute Gasteiger partial charge is 0.338 e. The van der Waals surface area contributed by atoms with Crippen LogP contribution in [-0.2, 0) is 4.74 Å². The highest BCUT2D eigenvalue weighted by Crippen LogP contribution is 2.18. The molecule has 1 rings (SSSR count). The number of rotatable bonds is 8. The number of carbonyl (C=O) groups excluding carboxylic acids is 1. The average Bonchev–Trinajstić information content (AvgIpc) is 2.45. The molecule has 0 heterocycles. The van der Waals surface area contributed by atoms with Crippen molar-refractivity contribution in [2.45, 2.75) is 46.2 Å². The standard InChI is InChI=1S/C17H25FO2/c1-13(2)16(18)10-9-14(3)11-12-20-17(19)15-7-5-4-6-8-15/h4-8,13-14,16H,9-12H2,1-3H3. The highest BCUT2D eigenvalue weighted by Gasteiger charge is 2.14. The summed E-state index contributed by atoms with van der Waals surface area (Å²) in [5.41, 5.74) is 0.573. The summed E-state index contributed by atoms with van der Waals surface area (Å²) in [6.07, 6.45) is 1.47. The van der Waals surface area contributed by atoms with Gasteiger partial charge in [0.15, 0.2) is 0 Å². The van der Waals surface area contributed by atoms with Crippen LogP contribution in [0, 0.1) is 11.8 Å². The van der Waals surface area contributed by atoms with E-state index in [1.54, 1.807) is 12.1 Å². The first-order valence-corrected chi connectivity index (χ1v) is 7.37. The van der Waals surface area contributed by atoms with E-state index in [0.717, 1.165) is 12.8 Å². The Hall–Kier alpha value is -1.38. The summed E-state index contributed by atoms with van der Waals surface area (Å²) in [6.45, 7) is 6.27. The van der Waals surface area contributed by atoms with E-state index in [0.29, 0.717) is 24.5 Å². The van der Waals surface area contributed by atoms with Crippen LogP contribution in [0.3, 0.4) is 0 Å². The molecule has 112 valence electrons. The van der Waals surface area contributed by atoms with Crippen LogP contribution in [0.2, 0.25) is 0 Å². The quantitative estimate of drug-likeness (QED) is 0.648. The van der Waals surface area contributed by atoms with Gasteiger partial charge in [-0.3, -0.25) is 0 Å². The minimum atomic E-state index is -0.732. The third-order valence-corrected chi connectivity index (χ3v) is 3.51. The normalized spacial score (nSPS) is 14.1. The number of hydrogen-bond acceptors (Lipinski definition) is 2. The van der Waals surface area contributed by atoms with E-state index in [9.17, 15) is 9.18 Å². The fourth-order valence-corrected chi connectivity index (χ4v) is 1.93. The predicted octanol–water partition coefficient (Wildman–Crippen LogP) is 4.64. The van der Waals surface area contributed by atoms with Gasteiger partial charge in [0.2, 0.25) is 0 Å². The molecule has 0 aliphatic carbocycles. The van der Waals surface area contributed by atoms with Crippen LogP contribution >= 0.6 is 0 Å². The second kappa shape index (κ2) is 8.72. The molecule has 0 amide bonds. The zero-order chi connectivity index (χ0) is 15.0. The minimum Gasteiger partial charge on any atom is -0.462 e. The zero-order valence-corrected chi connectivity index (χ0v) is 12.6. The average molecular weight is 280 g/mol. The largest absolute Gasteiger partial charge is 0.462 e. The van der Waals surface area contributed by atoms with Crippen LogP contribution in [0.5, 0.6) is 0 Å². The Bertz CT molecular complexity index is 389. The van der Waals surface area contributed by atoms with Gasteiger partial charge in [0.25, 0.3) is 0 Å². The highest BCUT2D eigenvalue weighted by atomic mass is 19.1. The van der Waals surface area contributed by atoms with Gasteiger partial charge in [-0.2, -0.15) is 0 Å². The van der Waals surface area contributed by atoms with Crippen molar-refractivity contribution in [1.29, 1.82) is 0 Å². The Kier molecular flexibility index (Phi) is 7.27. The Labute approximate surface area is 121 Å². The lowest BCUT2D eigenvalue weighted by molar-refractivity contribution is 0.0481. The van der Waals surface area contributed by atoms with E-state index in [1.165, 1.54) is 0 Å². The minimum absolute atomic E-state index is 0.0816. The predicted molar refractivity (Wildman–Crippen MR) is 79.5 cm³/mol. The van der Waals surface area contributed by atoms with E-state index in [-0.39, 0.29) is 11.9 Å². The number of carbonyl (C=O) groups is 1. The molecule has 2 nitrogen and oxygen atoms in total. The van der Waals surface area contributed by atoms with Crippen LogP contribution < -0.4 is 0 Å². The molecule has 0 fully saturated rings. The second-order valence-electron chi connectivity index (χ2n) is 5.73. The van der Waals surface area contributed by atoms with Gasteiger partial charge in [-0.05, 0) is 43.2 Å². The van der Waals surface area contributed by atoms with Crippen LogP contribution in [0.4, 0.5) is 4.39 Å². The molecule has 0 N–H and O–H groups in total. The van der Waals surface area contributed by atoms with E-state index < -0.39 is 6.17 Å². The maximum absolute atomic E-state index is 13.5. The fourth-order valence-electron chi connectivity index (χ4n) is 1.93. The molecule has 1 aromatic rings. The molecule has 0 radical (unpaired) electrons.